The SMILES string of the molecule is NC(=O)c1cccc(C(=O)NNC(=O)c2cccs2)c1. The summed E-state index contributed by atoms with van der Waals surface area (Å²) in [6.07, 6.45) is 0. The number of hydrogen-bond donors (Lipinski definition) is 3. The maximum Gasteiger partial charge on any atom is 0.279 e. The molecule has 6 nitrogen and oxygen atoms in total. The van der Waals surface area contributed by atoms with Crippen LogP contribution in [0, 0.1) is 0 Å². The summed E-state index contributed by atoms with van der Waals surface area (Å²) in [5.74, 6) is -1.56. The van der Waals surface area contributed by atoms with E-state index in [9.17, 15) is 14.4 Å². The Balaban J connectivity index is 2.00. The van der Waals surface area contributed by atoms with Gasteiger partial charge >= 0.3 is 0 Å². The highest BCUT2D eigenvalue weighted by Crippen LogP contribution is 2.07. The summed E-state index contributed by atoms with van der Waals surface area (Å²) in [5.41, 5.74) is 10.1. The Morgan fingerprint density at radius 1 is 0.950 bits per heavy atom. The molecule has 7 heteroatoms. The maximum atomic E-state index is 11.8. The van der Waals surface area contributed by atoms with Gasteiger partial charge in [-0.25, -0.2) is 0 Å². The van der Waals surface area contributed by atoms with E-state index < -0.39 is 17.7 Å². The molecule has 3 amide bonds. The van der Waals surface area contributed by atoms with Gasteiger partial charge in [-0.2, -0.15) is 0 Å². The highest BCUT2D eigenvalue weighted by Gasteiger charge is 2.11. The zero-order valence-electron chi connectivity index (χ0n) is 10.3. The molecule has 0 bridgehead atoms. The summed E-state index contributed by atoms with van der Waals surface area (Å²) in [5, 5.41) is 1.76. The minimum Gasteiger partial charge on any atom is -0.366 e. The van der Waals surface area contributed by atoms with Gasteiger partial charge in [-0.1, -0.05) is 12.1 Å². The van der Waals surface area contributed by atoms with Crippen molar-refractivity contribution in [3.63, 3.8) is 0 Å². The molecule has 0 fully saturated rings. The van der Waals surface area contributed by atoms with Crippen molar-refractivity contribution in [2.75, 3.05) is 0 Å². The Morgan fingerprint density at radius 3 is 2.30 bits per heavy atom. The Labute approximate surface area is 118 Å². The zero-order chi connectivity index (χ0) is 14.5. The molecule has 20 heavy (non-hydrogen) atoms. The quantitative estimate of drug-likeness (QED) is 0.732. The molecular weight excluding hydrogens is 278 g/mol. The van der Waals surface area contributed by atoms with E-state index in [0.29, 0.717) is 4.88 Å². The highest BCUT2D eigenvalue weighted by molar-refractivity contribution is 7.12. The monoisotopic (exact) mass is 289 g/mol. The molecule has 1 aromatic heterocycles. The second-order valence-electron chi connectivity index (χ2n) is 3.83. The molecule has 2 rings (SSSR count). The van der Waals surface area contributed by atoms with Gasteiger partial charge in [0.05, 0.1) is 4.88 Å². The summed E-state index contributed by atoms with van der Waals surface area (Å²) >= 11 is 1.26. The topological polar surface area (TPSA) is 101 Å². The number of benzene rings is 1. The minimum absolute atomic E-state index is 0.224. The van der Waals surface area contributed by atoms with Crippen LogP contribution in [-0.2, 0) is 0 Å². The number of amides is 3. The Kier molecular flexibility index (Phi) is 4.11. The van der Waals surface area contributed by atoms with E-state index in [1.54, 1.807) is 17.5 Å². The van der Waals surface area contributed by atoms with Crippen LogP contribution >= 0.6 is 11.3 Å². The lowest BCUT2D eigenvalue weighted by molar-refractivity contribution is 0.0848. The van der Waals surface area contributed by atoms with Crippen molar-refractivity contribution in [3.8, 4) is 0 Å². The van der Waals surface area contributed by atoms with Crippen LogP contribution in [0.2, 0.25) is 0 Å². The van der Waals surface area contributed by atoms with E-state index >= 15 is 0 Å². The molecular formula is C13H11N3O3S. The van der Waals surface area contributed by atoms with Gasteiger partial charge < -0.3 is 5.73 Å². The van der Waals surface area contributed by atoms with Crippen LogP contribution in [0.1, 0.15) is 30.4 Å². The maximum absolute atomic E-state index is 11.8. The summed E-state index contributed by atoms with van der Waals surface area (Å²) in [6.45, 7) is 0. The number of carbonyl (C=O) groups is 3. The third kappa shape index (κ3) is 3.21. The highest BCUT2D eigenvalue weighted by atomic mass is 32.1. The summed E-state index contributed by atoms with van der Waals surface area (Å²) in [7, 11) is 0. The van der Waals surface area contributed by atoms with Crippen LogP contribution in [0.25, 0.3) is 0 Å². The van der Waals surface area contributed by atoms with Crippen molar-refractivity contribution in [2.24, 2.45) is 5.73 Å². The van der Waals surface area contributed by atoms with Crippen molar-refractivity contribution in [2.45, 2.75) is 0 Å². The lowest BCUT2D eigenvalue weighted by atomic mass is 10.1. The van der Waals surface area contributed by atoms with E-state index in [0.717, 1.165) is 0 Å². The molecule has 2 aromatic rings. The Bertz CT molecular complexity index is 653. The lowest BCUT2D eigenvalue weighted by Gasteiger charge is -2.06. The average Bonchev–Trinajstić information content (AvgIpc) is 2.98. The van der Waals surface area contributed by atoms with Gasteiger partial charge in [0.1, 0.15) is 0 Å². The summed E-state index contributed by atoms with van der Waals surface area (Å²) in [6, 6.07) is 9.28. The minimum atomic E-state index is -0.623. The summed E-state index contributed by atoms with van der Waals surface area (Å²) < 4.78 is 0. The van der Waals surface area contributed by atoms with Crippen molar-refractivity contribution >= 4 is 29.1 Å². The van der Waals surface area contributed by atoms with Gasteiger partial charge in [0, 0.05) is 11.1 Å². The van der Waals surface area contributed by atoms with Crippen LogP contribution < -0.4 is 16.6 Å². The first kappa shape index (κ1) is 13.8. The number of nitrogens with two attached hydrogens (primary N) is 1. The smallest absolute Gasteiger partial charge is 0.279 e. The number of thiophene rings is 1. The zero-order valence-corrected chi connectivity index (χ0v) is 11.1. The molecule has 0 spiro atoms. The predicted octanol–water partition coefficient (Wildman–Crippen LogP) is 0.922. The molecule has 4 N–H and O–H groups in total. The largest absolute Gasteiger partial charge is 0.366 e. The van der Waals surface area contributed by atoms with Crippen molar-refractivity contribution < 1.29 is 14.4 Å². The number of primary amides is 1. The number of nitrogens with one attached hydrogen (secondary N) is 2. The lowest BCUT2D eigenvalue weighted by Crippen LogP contribution is -2.41. The van der Waals surface area contributed by atoms with Gasteiger partial charge in [-0.3, -0.25) is 25.2 Å². The molecule has 1 heterocycles. The van der Waals surface area contributed by atoms with E-state index in [1.807, 2.05) is 0 Å². The van der Waals surface area contributed by atoms with Gasteiger partial charge in [0.2, 0.25) is 5.91 Å². The van der Waals surface area contributed by atoms with Crippen molar-refractivity contribution in [3.05, 3.63) is 57.8 Å². The first-order chi connectivity index (χ1) is 9.58. The summed E-state index contributed by atoms with van der Waals surface area (Å²) in [4.78, 5) is 34.9. The molecule has 0 saturated heterocycles. The van der Waals surface area contributed by atoms with Crippen LogP contribution in [0.5, 0.6) is 0 Å². The second kappa shape index (κ2) is 5.98. The predicted molar refractivity (Wildman–Crippen MR) is 74.2 cm³/mol. The Hall–Kier alpha value is -2.67. The third-order valence-electron chi connectivity index (χ3n) is 2.44. The molecule has 0 aliphatic carbocycles. The molecule has 0 unspecified atom stereocenters. The molecule has 0 aliphatic heterocycles. The van der Waals surface area contributed by atoms with Crippen LogP contribution in [-0.4, -0.2) is 17.7 Å². The van der Waals surface area contributed by atoms with Crippen molar-refractivity contribution in [1.82, 2.24) is 10.9 Å². The van der Waals surface area contributed by atoms with Gasteiger partial charge in [-0.15, -0.1) is 11.3 Å². The fourth-order valence-corrected chi connectivity index (χ4v) is 2.09. The number of hydrogen-bond acceptors (Lipinski definition) is 4. The molecule has 0 radical (unpaired) electrons. The molecule has 0 aliphatic rings. The van der Waals surface area contributed by atoms with E-state index in [4.69, 9.17) is 5.73 Å². The molecule has 0 atom stereocenters. The molecule has 1 aromatic carbocycles. The van der Waals surface area contributed by atoms with E-state index in [2.05, 4.69) is 10.9 Å². The van der Waals surface area contributed by atoms with Crippen molar-refractivity contribution in [1.29, 1.82) is 0 Å². The first-order valence-corrected chi connectivity index (χ1v) is 6.50. The first-order valence-electron chi connectivity index (χ1n) is 5.62. The van der Waals surface area contributed by atoms with Crippen LogP contribution in [0.3, 0.4) is 0 Å². The fourth-order valence-electron chi connectivity index (χ4n) is 1.47. The second-order valence-corrected chi connectivity index (χ2v) is 4.78. The van der Waals surface area contributed by atoms with Gasteiger partial charge in [0.15, 0.2) is 0 Å². The molecule has 102 valence electrons. The number of carbonyl (C=O) groups excluding carboxylic acids is 3. The normalized spacial score (nSPS) is 9.80. The standard InChI is InChI=1S/C13H11N3O3S/c14-11(17)8-3-1-4-9(7-8)12(18)15-16-13(19)10-5-2-6-20-10/h1-7H,(H2,14,17)(H,15,18)(H,16,19). The van der Waals surface area contributed by atoms with E-state index in [-0.39, 0.29) is 11.1 Å². The molecule has 0 saturated carbocycles. The van der Waals surface area contributed by atoms with Crippen LogP contribution in [0.15, 0.2) is 41.8 Å². The van der Waals surface area contributed by atoms with Crippen LogP contribution in [0.4, 0.5) is 0 Å². The third-order valence-corrected chi connectivity index (χ3v) is 3.31. The fraction of sp³-hybridized carbons (Fsp3) is 0. The average molecular weight is 289 g/mol. The van der Waals surface area contributed by atoms with E-state index in [1.165, 1.54) is 35.6 Å². The number of hydrazine groups is 1. The van der Waals surface area contributed by atoms with Gasteiger partial charge in [-0.05, 0) is 29.6 Å². The number of rotatable bonds is 3. The Morgan fingerprint density at radius 2 is 1.65 bits per heavy atom. The van der Waals surface area contributed by atoms with Gasteiger partial charge in [0.25, 0.3) is 11.8 Å².